The SMILES string of the molecule is C=CCOC(=O)C1=C(C)N=c2s/c(=C/c3ccc(OCCCC)c(OC)c3)c(=O)n2[C@@H]1c1ccc(OC)cc1. The van der Waals surface area contributed by atoms with E-state index in [-0.39, 0.29) is 12.2 Å². The van der Waals surface area contributed by atoms with E-state index < -0.39 is 12.0 Å². The molecule has 0 radical (unpaired) electrons. The number of ether oxygens (including phenoxy) is 4. The number of carbonyl (C=O) groups is 1. The van der Waals surface area contributed by atoms with Gasteiger partial charge in [0.05, 0.1) is 42.7 Å². The van der Waals surface area contributed by atoms with Crippen molar-refractivity contribution in [3.8, 4) is 17.2 Å². The van der Waals surface area contributed by atoms with Gasteiger partial charge in [-0.2, -0.15) is 0 Å². The van der Waals surface area contributed by atoms with Crippen LogP contribution >= 0.6 is 11.3 Å². The van der Waals surface area contributed by atoms with Crippen LogP contribution in [0.1, 0.15) is 43.9 Å². The number of hydrogen-bond acceptors (Lipinski definition) is 8. The third-order valence-electron chi connectivity index (χ3n) is 6.25. The summed E-state index contributed by atoms with van der Waals surface area (Å²) < 4.78 is 24.1. The Kier molecular flexibility index (Phi) is 9.03. The van der Waals surface area contributed by atoms with Gasteiger partial charge in [0.25, 0.3) is 5.56 Å². The molecule has 1 aromatic heterocycles. The van der Waals surface area contributed by atoms with Gasteiger partial charge in [0, 0.05) is 0 Å². The zero-order valence-corrected chi connectivity index (χ0v) is 23.4. The lowest BCUT2D eigenvalue weighted by molar-refractivity contribution is -0.138. The topological polar surface area (TPSA) is 88.4 Å². The molecule has 39 heavy (non-hydrogen) atoms. The first kappa shape index (κ1) is 27.9. The summed E-state index contributed by atoms with van der Waals surface area (Å²) in [6.45, 7) is 8.13. The molecule has 0 spiro atoms. The maximum atomic E-state index is 13.8. The molecule has 204 valence electrons. The number of aromatic nitrogens is 1. The molecule has 0 aliphatic carbocycles. The maximum Gasteiger partial charge on any atom is 0.338 e. The number of esters is 1. The van der Waals surface area contributed by atoms with E-state index in [0.29, 0.717) is 44.5 Å². The van der Waals surface area contributed by atoms with Crippen molar-refractivity contribution in [3.63, 3.8) is 0 Å². The van der Waals surface area contributed by atoms with E-state index in [9.17, 15) is 9.59 Å². The third-order valence-corrected chi connectivity index (χ3v) is 7.23. The smallest absolute Gasteiger partial charge is 0.338 e. The van der Waals surface area contributed by atoms with Crippen LogP contribution in [0.25, 0.3) is 6.08 Å². The van der Waals surface area contributed by atoms with Crippen molar-refractivity contribution in [2.45, 2.75) is 32.7 Å². The molecule has 0 N–H and O–H groups in total. The monoisotopic (exact) mass is 548 g/mol. The van der Waals surface area contributed by atoms with Crippen LogP contribution in [0.2, 0.25) is 0 Å². The number of benzene rings is 2. The van der Waals surface area contributed by atoms with Crippen molar-refractivity contribution in [3.05, 3.63) is 97.2 Å². The minimum absolute atomic E-state index is 0.0509. The second kappa shape index (κ2) is 12.6. The summed E-state index contributed by atoms with van der Waals surface area (Å²) in [7, 11) is 3.17. The lowest BCUT2D eigenvalue weighted by Crippen LogP contribution is -2.39. The van der Waals surface area contributed by atoms with Gasteiger partial charge in [0.15, 0.2) is 16.3 Å². The Morgan fingerprint density at radius 2 is 1.90 bits per heavy atom. The molecule has 0 saturated carbocycles. The molecule has 0 bridgehead atoms. The van der Waals surface area contributed by atoms with Crippen molar-refractivity contribution in [2.75, 3.05) is 27.4 Å². The lowest BCUT2D eigenvalue weighted by atomic mass is 9.96. The van der Waals surface area contributed by atoms with Crippen LogP contribution in [0.15, 0.2) is 76.2 Å². The van der Waals surface area contributed by atoms with Crippen LogP contribution in [-0.4, -0.2) is 38.0 Å². The van der Waals surface area contributed by atoms with E-state index in [1.807, 2.05) is 30.3 Å². The van der Waals surface area contributed by atoms with Gasteiger partial charge in [-0.05, 0) is 54.8 Å². The Bertz CT molecular complexity index is 1570. The first-order chi connectivity index (χ1) is 18.9. The number of fused-ring (bicyclic) bond motifs is 1. The van der Waals surface area contributed by atoms with Crippen LogP contribution in [-0.2, 0) is 9.53 Å². The number of thiazole rings is 1. The lowest BCUT2D eigenvalue weighted by Gasteiger charge is -2.24. The fourth-order valence-electron chi connectivity index (χ4n) is 4.27. The van der Waals surface area contributed by atoms with Gasteiger partial charge in [-0.15, -0.1) is 0 Å². The zero-order valence-electron chi connectivity index (χ0n) is 22.6. The largest absolute Gasteiger partial charge is 0.497 e. The molecular weight excluding hydrogens is 516 g/mol. The highest BCUT2D eigenvalue weighted by molar-refractivity contribution is 7.07. The average Bonchev–Trinajstić information content (AvgIpc) is 3.25. The normalized spacial score (nSPS) is 14.9. The Hall–Kier alpha value is -4.11. The van der Waals surface area contributed by atoms with Crippen molar-refractivity contribution >= 4 is 23.4 Å². The summed E-state index contributed by atoms with van der Waals surface area (Å²) >= 11 is 1.26. The number of nitrogens with zero attached hydrogens (tertiary/aromatic N) is 2. The molecule has 9 heteroatoms. The minimum atomic E-state index is -0.713. The number of methoxy groups -OCH3 is 2. The van der Waals surface area contributed by atoms with Gasteiger partial charge in [-0.25, -0.2) is 9.79 Å². The molecule has 1 atom stereocenters. The van der Waals surface area contributed by atoms with Crippen molar-refractivity contribution in [2.24, 2.45) is 4.99 Å². The van der Waals surface area contributed by atoms with E-state index in [1.165, 1.54) is 17.4 Å². The molecule has 0 amide bonds. The van der Waals surface area contributed by atoms with E-state index in [4.69, 9.17) is 18.9 Å². The summed E-state index contributed by atoms with van der Waals surface area (Å²) in [5, 5.41) is 0. The standard InChI is InChI=1S/C30H32N2O6S/c1-6-8-16-37-23-14-9-20(17-24(23)36-5)18-25-28(33)32-27(21-10-12-22(35-4)13-11-21)26(29(34)38-15-7-2)19(3)31-30(32)39-25/h7,9-14,17-18,27H,2,6,8,15-16H2,1,3-5H3/b25-18+/t27-/m1/s1. The van der Waals surface area contributed by atoms with Crippen LogP contribution in [0, 0.1) is 0 Å². The van der Waals surface area contributed by atoms with Gasteiger partial charge in [-0.3, -0.25) is 9.36 Å². The number of carbonyl (C=O) groups excluding carboxylic acids is 1. The van der Waals surface area contributed by atoms with E-state index in [1.54, 1.807) is 43.9 Å². The van der Waals surface area contributed by atoms with Gasteiger partial charge in [0.2, 0.25) is 0 Å². The van der Waals surface area contributed by atoms with Crippen LogP contribution in [0.3, 0.4) is 0 Å². The molecule has 4 rings (SSSR count). The summed E-state index contributed by atoms with van der Waals surface area (Å²) in [4.78, 5) is 32.1. The minimum Gasteiger partial charge on any atom is -0.497 e. The highest BCUT2D eigenvalue weighted by Gasteiger charge is 2.33. The Morgan fingerprint density at radius 1 is 1.13 bits per heavy atom. The first-order valence-corrected chi connectivity index (χ1v) is 13.5. The number of rotatable bonds is 11. The van der Waals surface area contributed by atoms with Gasteiger partial charge in [-0.1, -0.05) is 55.5 Å². The van der Waals surface area contributed by atoms with Crippen molar-refractivity contribution in [1.82, 2.24) is 4.57 Å². The highest BCUT2D eigenvalue weighted by atomic mass is 32.1. The summed E-state index contributed by atoms with van der Waals surface area (Å²) in [6, 6.07) is 12.1. The average molecular weight is 549 g/mol. The van der Waals surface area contributed by atoms with Crippen LogP contribution in [0.5, 0.6) is 17.2 Å². The predicted molar refractivity (Wildman–Crippen MR) is 151 cm³/mol. The third kappa shape index (κ3) is 5.98. The maximum absolute atomic E-state index is 13.8. The van der Waals surface area contributed by atoms with Crippen LogP contribution < -0.4 is 29.1 Å². The van der Waals surface area contributed by atoms with E-state index in [0.717, 1.165) is 24.0 Å². The molecule has 0 fully saturated rings. The second-order valence-electron chi connectivity index (χ2n) is 8.85. The van der Waals surface area contributed by atoms with E-state index in [2.05, 4.69) is 18.5 Å². The Balaban J connectivity index is 1.82. The van der Waals surface area contributed by atoms with Crippen molar-refractivity contribution < 1.29 is 23.7 Å². The Morgan fingerprint density at radius 3 is 2.56 bits per heavy atom. The predicted octanol–water partition coefficient (Wildman–Crippen LogP) is 4.16. The summed E-state index contributed by atoms with van der Waals surface area (Å²) in [6.07, 6.45) is 5.28. The van der Waals surface area contributed by atoms with Gasteiger partial charge >= 0.3 is 5.97 Å². The quantitative estimate of drug-likeness (QED) is 0.203. The van der Waals surface area contributed by atoms with Crippen molar-refractivity contribution in [1.29, 1.82) is 0 Å². The first-order valence-electron chi connectivity index (χ1n) is 12.7. The molecule has 2 heterocycles. The summed E-state index contributed by atoms with van der Waals surface area (Å²) in [5.41, 5.74) is 2.05. The Labute approximate surface area is 231 Å². The molecule has 3 aromatic rings. The molecule has 0 saturated heterocycles. The molecule has 1 aliphatic rings. The fraction of sp³-hybridized carbons (Fsp3) is 0.300. The number of unbranched alkanes of at least 4 members (excludes halogenated alkanes) is 1. The summed E-state index contributed by atoms with van der Waals surface area (Å²) in [5.74, 6) is 1.36. The fourth-order valence-corrected chi connectivity index (χ4v) is 5.31. The molecular formula is C30H32N2O6S. The second-order valence-corrected chi connectivity index (χ2v) is 9.86. The number of hydrogen-bond donors (Lipinski definition) is 0. The van der Waals surface area contributed by atoms with Gasteiger partial charge < -0.3 is 18.9 Å². The molecule has 0 unspecified atom stereocenters. The molecule has 2 aromatic carbocycles. The number of allylic oxidation sites excluding steroid dienone is 1. The zero-order chi connectivity index (χ0) is 27.9. The van der Waals surface area contributed by atoms with E-state index >= 15 is 0 Å². The highest BCUT2D eigenvalue weighted by Crippen LogP contribution is 2.32. The molecule has 1 aliphatic heterocycles. The molecule has 8 nitrogen and oxygen atoms in total. The van der Waals surface area contributed by atoms with Gasteiger partial charge in [0.1, 0.15) is 12.4 Å². The van der Waals surface area contributed by atoms with Crippen LogP contribution in [0.4, 0.5) is 0 Å².